The average Bonchev–Trinajstić information content (AvgIpc) is 2.69. The van der Waals surface area contributed by atoms with E-state index in [0.29, 0.717) is 13.2 Å². The largest absolute Gasteiger partial charge is 0.491 e. The van der Waals surface area contributed by atoms with E-state index in [9.17, 15) is 5.11 Å². The third-order valence-corrected chi connectivity index (χ3v) is 4.14. The monoisotopic (exact) mass is 327 g/mol. The minimum absolute atomic E-state index is 0. The second kappa shape index (κ2) is 7.20. The molecule has 1 aliphatic carbocycles. The Morgan fingerprint density at radius 1 is 1.32 bits per heavy atom. The van der Waals surface area contributed by atoms with Gasteiger partial charge in [0.15, 0.2) is 0 Å². The number of halogens is 1. The van der Waals surface area contributed by atoms with Crippen molar-refractivity contribution in [1.82, 2.24) is 5.32 Å². The van der Waals surface area contributed by atoms with Gasteiger partial charge in [0.05, 0.1) is 0 Å². The number of fused-ring (bicyclic) bond motifs is 1. The second-order valence-corrected chi connectivity index (χ2v) is 7.80. The number of rotatable bonds is 5. The average molecular weight is 328 g/mol. The van der Waals surface area contributed by atoms with Crippen molar-refractivity contribution in [2.24, 2.45) is 0 Å². The Bertz CT molecular complexity index is 494. The summed E-state index contributed by atoms with van der Waals surface area (Å²) in [6.45, 7) is 11.7. The van der Waals surface area contributed by atoms with E-state index in [-0.39, 0.29) is 23.4 Å². The number of hydrogen-bond donors (Lipinski definition) is 2. The van der Waals surface area contributed by atoms with Crippen molar-refractivity contribution >= 4 is 12.4 Å². The molecule has 0 heterocycles. The van der Waals surface area contributed by atoms with E-state index in [0.717, 1.165) is 12.2 Å². The van der Waals surface area contributed by atoms with Crippen molar-refractivity contribution in [1.29, 1.82) is 0 Å². The van der Waals surface area contributed by atoms with Gasteiger partial charge in [-0.2, -0.15) is 0 Å². The van der Waals surface area contributed by atoms with Gasteiger partial charge in [-0.1, -0.05) is 19.9 Å². The maximum absolute atomic E-state index is 9.98. The molecule has 0 saturated carbocycles. The van der Waals surface area contributed by atoms with Crippen LogP contribution in [-0.2, 0) is 11.8 Å². The van der Waals surface area contributed by atoms with Crippen LogP contribution in [0, 0.1) is 0 Å². The van der Waals surface area contributed by atoms with Gasteiger partial charge in [-0.15, -0.1) is 12.4 Å². The second-order valence-electron chi connectivity index (χ2n) is 7.80. The number of β-amino-alcohol motifs (C(OH)–C–C–N with tert-alkyl or cyclic N) is 1. The van der Waals surface area contributed by atoms with Crippen LogP contribution >= 0.6 is 12.4 Å². The molecule has 0 bridgehead atoms. The molecule has 0 spiro atoms. The molecular weight excluding hydrogens is 298 g/mol. The molecular formula is C18H30ClNO2. The number of nitrogens with one attached hydrogen (secondary N) is 1. The fraction of sp³-hybridized carbons (Fsp3) is 0.667. The predicted octanol–water partition coefficient (Wildman–Crippen LogP) is 3.46. The first-order valence-corrected chi connectivity index (χ1v) is 7.87. The quantitative estimate of drug-likeness (QED) is 0.870. The van der Waals surface area contributed by atoms with E-state index in [4.69, 9.17) is 4.74 Å². The van der Waals surface area contributed by atoms with E-state index >= 15 is 0 Å². The summed E-state index contributed by atoms with van der Waals surface area (Å²) in [6.07, 6.45) is 1.86. The van der Waals surface area contributed by atoms with Gasteiger partial charge < -0.3 is 15.2 Å². The van der Waals surface area contributed by atoms with Crippen LogP contribution in [0.2, 0.25) is 0 Å². The number of hydrogen-bond acceptors (Lipinski definition) is 3. The van der Waals surface area contributed by atoms with Gasteiger partial charge >= 0.3 is 0 Å². The standard InChI is InChI=1S/C18H29NO2.ClH/c1-17(2,3)19-11-14(20)12-21-15-7-6-13-8-9-18(4,5)16(13)10-15;/h6-7,10,14,19-20H,8-9,11-12H2,1-5H3;1H. The molecule has 126 valence electrons. The van der Waals surface area contributed by atoms with Crippen LogP contribution in [0.1, 0.15) is 52.2 Å². The third-order valence-electron chi connectivity index (χ3n) is 4.14. The van der Waals surface area contributed by atoms with Crippen molar-refractivity contribution < 1.29 is 9.84 Å². The molecule has 1 unspecified atom stereocenters. The molecule has 4 heteroatoms. The Kier molecular flexibility index (Phi) is 6.31. The van der Waals surface area contributed by atoms with E-state index in [1.165, 1.54) is 17.5 Å². The fourth-order valence-electron chi connectivity index (χ4n) is 2.75. The summed E-state index contributed by atoms with van der Waals surface area (Å²) < 4.78 is 5.76. The summed E-state index contributed by atoms with van der Waals surface area (Å²) in [5.74, 6) is 0.860. The highest BCUT2D eigenvalue weighted by atomic mass is 35.5. The number of aryl methyl sites for hydroxylation is 1. The summed E-state index contributed by atoms with van der Waals surface area (Å²) in [4.78, 5) is 0. The first-order chi connectivity index (χ1) is 9.67. The van der Waals surface area contributed by atoms with Gasteiger partial charge in [0.25, 0.3) is 0 Å². The van der Waals surface area contributed by atoms with Gasteiger partial charge in [0.2, 0.25) is 0 Å². The van der Waals surface area contributed by atoms with Crippen molar-refractivity contribution in [2.45, 2.75) is 64.5 Å². The highest BCUT2D eigenvalue weighted by molar-refractivity contribution is 5.85. The Morgan fingerprint density at radius 2 is 2.00 bits per heavy atom. The molecule has 1 aromatic rings. The molecule has 0 amide bonds. The molecule has 2 rings (SSSR count). The summed E-state index contributed by atoms with van der Waals surface area (Å²) in [5, 5.41) is 13.3. The van der Waals surface area contributed by atoms with Gasteiger partial charge in [-0.05, 0) is 62.3 Å². The topological polar surface area (TPSA) is 41.5 Å². The van der Waals surface area contributed by atoms with Crippen molar-refractivity contribution in [2.75, 3.05) is 13.2 Å². The van der Waals surface area contributed by atoms with Crippen LogP contribution < -0.4 is 10.1 Å². The lowest BCUT2D eigenvalue weighted by molar-refractivity contribution is 0.1000. The Labute approximate surface area is 140 Å². The maximum atomic E-state index is 9.98. The highest BCUT2D eigenvalue weighted by Crippen LogP contribution is 2.39. The van der Waals surface area contributed by atoms with Gasteiger partial charge in [-0.25, -0.2) is 0 Å². The van der Waals surface area contributed by atoms with Crippen LogP contribution in [0.15, 0.2) is 18.2 Å². The van der Waals surface area contributed by atoms with Gasteiger partial charge in [0.1, 0.15) is 18.5 Å². The van der Waals surface area contributed by atoms with E-state index in [2.05, 4.69) is 52.1 Å². The molecule has 2 N–H and O–H groups in total. The zero-order valence-electron chi connectivity index (χ0n) is 14.4. The summed E-state index contributed by atoms with van der Waals surface area (Å²) in [6, 6.07) is 6.33. The van der Waals surface area contributed by atoms with Crippen LogP contribution in [0.25, 0.3) is 0 Å². The van der Waals surface area contributed by atoms with Crippen LogP contribution in [0.5, 0.6) is 5.75 Å². The summed E-state index contributed by atoms with van der Waals surface area (Å²) in [5.41, 5.74) is 3.07. The number of benzene rings is 1. The SMILES string of the molecule is CC(C)(C)NCC(O)COc1ccc2c(c1)C(C)(C)CC2.Cl. The Balaban J connectivity index is 0.00000242. The van der Waals surface area contributed by atoms with Crippen molar-refractivity contribution in [3.8, 4) is 5.75 Å². The molecule has 22 heavy (non-hydrogen) atoms. The first-order valence-electron chi connectivity index (χ1n) is 7.87. The van der Waals surface area contributed by atoms with Crippen molar-refractivity contribution in [3.05, 3.63) is 29.3 Å². The molecule has 3 nitrogen and oxygen atoms in total. The first kappa shape index (κ1) is 19.3. The third kappa shape index (κ3) is 5.15. The lowest BCUT2D eigenvalue weighted by Gasteiger charge is -2.23. The zero-order chi connectivity index (χ0) is 15.7. The zero-order valence-corrected chi connectivity index (χ0v) is 15.2. The smallest absolute Gasteiger partial charge is 0.119 e. The van der Waals surface area contributed by atoms with Gasteiger partial charge in [-0.3, -0.25) is 0 Å². The Hall–Kier alpha value is -0.770. The molecule has 1 atom stereocenters. The molecule has 0 aromatic heterocycles. The lowest BCUT2D eigenvalue weighted by Crippen LogP contribution is -2.42. The lowest BCUT2D eigenvalue weighted by atomic mass is 9.86. The van der Waals surface area contributed by atoms with Gasteiger partial charge in [0, 0.05) is 12.1 Å². The number of aliphatic hydroxyl groups excluding tert-OH is 1. The molecule has 0 aliphatic heterocycles. The number of ether oxygens (including phenoxy) is 1. The molecule has 0 fully saturated rings. The molecule has 0 radical (unpaired) electrons. The van der Waals surface area contributed by atoms with Crippen molar-refractivity contribution in [3.63, 3.8) is 0 Å². The minimum Gasteiger partial charge on any atom is -0.491 e. The fourth-order valence-corrected chi connectivity index (χ4v) is 2.75. The van der Waals surface area contributed by atoms with Crippen LogP contribution in [0.4, 0.5) is 0 Å². The normalized spacial score (nSPS) is 17.5. The predicted molar refractivity (Wildman–Crippen MR) is 94.3 cm³/mol. The Morgan fingerprint density at radius 3 is 2.64 bits per heavy atom. The van der Waals surface area contributed by atoms with E-state index in [1.807, 2.05) is 6.07 Å². The van der Waals surface area contributed by atoms with E-state index < -0.39 is 6.10 Å². The summed E-state index contributed by atoms with van der Waals surface area (Å²) in [7, 11) is 0. The van der Waals surface area contributed by atoms with Crippen LogP contribution in [-0.4, -0.2) is 29.9 Å². The molecule has 1 aromatic carbocycles. The molecule has 1 aliphatic rings. The highest BCUT2D eigenvalue weighted by Gasteiger charge is 2.29. The number of aliphatic hydroxyl groups is 1. The van der Waals surface area contributed by atoms with Crippen LogP contribution in [0.3, 0.4) is 0 Å². The van der Waals surface area contributed by atoms with E-state index in [1.54, 1.807) is 0 Å². The minimum atomic E-state index is -0.495. The summed E-state index contributed by atoms with van der Waals surface area (Å²) >= 11 is 0. The molecule has 0 saturated heterocycles. The maximum Gasteiger partial charge on any atom is 0.119 e.